The molecule has 1 spiro atoms. The topological polar surface area (TPSA) is 52.5 Å². The lowest BCUT2D eigenvalue weighted by atomic mass is 9.64. The SMILES string of the molecule is OCC(CO)C1CCC2(CCNCC2)CC1. The lowest BCUT2D eigenvalue weighted by molar-refractivity contribution is 0.0410. The van der Waals surface area contributed by atoms with Crippen molar-refractivity contribution in [3.63, 3.8) is 0 Å². The van der Waals surface area contributed by atoms with Crippen molar-refractivity contribution in [1.29, 1.82) is 0 Å². The summed E-state index contributed by atoms with van der Waals surface area (Å²) in [7, 11) is 0. The van der Waals surface area contributed by atoms with Crippen LogP contribution in [-0.2, 0) is 0 Å². The van der Waals surface area contributed by atoms with E-state index in [1.807, 2.05) is 0 Å². The van der Waals surface area contributed by atoms with Crippen LogP contribution < -0.4 is 5.32 Å². The molecule has 2 rings (SSSR count). The molecular formula is C13H25NO2. The Morgan fingerprint density at radius 2 is 1.56 bits per heavy atom. The molecule has 0 aromatic carbocycles. The fourth-order valence-electron chi connectivity index (χ4n) is 3.54. The largest absolute Gasteiger partial charge is 0.396 e. The fraction of sp³-hybridized carbons (Fsp3) is 1.00. The first-order valence-electron chi connectivity index (χ1n) is 6.72. The first kappa shape index (κ1) is 12.3. The molecule has 1 heterocycles. The Labute approximate surface area is 98.2 Å². The lowest BCUT2D eigenvalue weighted by Crippen LogP contribution is -2.40. The maximum absolute atomic E-state index is 9.21. The van der Waals surface area contributed by atoms with Gasteiger partial charge in [-0.2, -0.15) is 0 Å². The van der Waals surface area contributed by atoms with Gasteiger partial charge in [0.05, 0.1) is 0 Å². The van der Waals surface area contributed by atoms with Crippen molar-refractivity contribution in [3.05, 3.63) is 0 Å². The van der Waals surface area contributed by atoms with Crippen LogP contribution in [0.1, 0.15) is 38.5 Å². The van der Waals surface area contributed by atoms with Gasteiger partial charge in [0, 0.05) is 19.1 Å². The second-order valence-electron chi connectivity index (χ2n) is 5.71. The van der Waals surface area contributed by atoms with Crippen LogP contribution in [0.5, 0.6) is 0 Å². The molecule has 1 aliphatic heterocycles. The zero-order chi connectivity index (χ0) is 11.4. The quantitative estimate of drug-likeness (QED) is 0.678. The second-order valence-corrected chi connectivity index (χ2v) is 5.71. The van der Waals surface area contributed by atoms with E-state index in [2.05, 4.69) is 5.32 Å². The minimum absolute atomic E-state index is 0.124. The highest BCUT2D eigenvalue weighted by Gasteiger charge is 2.37. The standard InChI is InChI=1S/C13H25NO2/c15-9-12(10-16)11-1-3-13(4-2-11)5-7-14-8-6-13/h11-12,14-16H,1-10H2. The van der Waals surface area contributed by atoms with E-state index in [1.165, 1.54) is 51.6 Å². The number of piperidine rings is 1. The Morgan fingerprint density at radius 3 is 2.06 bits per heavy atom. The summed E-state index contributed by atoms with van der Waals surface area (Å²) in [5.74, 6) is 0.676. The molecule has 3 N–H and O–H groups in total. The number of hydrogen-bond donors (Lipinski definition) is 3. The summed E-state index contributed by atoms with van der Waals surface area (Å²) in [4.78, 5) is 0. The lowest BCUT2D eigenvalue weighted by Gasteiger charge is -2.44. The molecule has 16 heavy (non-hydrogen) atoms. The molecular weight excluding hydrogens is 202 g/mol. The Morgan fingerprint density at radius 1 is 1.00 bits per heavy atom. The first-order chi connectivity index (χ1) is 7.79. The Bertz CT molecular complexity index is 200. The van der Waals surface area contributed by atoms with Crippen LogP contribution in [0.2, 0.25) is 0 Å². The highest BCUT2D eigenvalue weighted by atomic mass is 16.3. The number of aliphatic hydroxyl groups is 2. The van der Waals surface area contributed by atoms with E-state index in [-0.39, 0.29) is 19.1 Å². The molecule has 0 aromatic rings. The third-order valence-electron chi connectivity index (χ3n) is 4.89. The van der Waals surface area contributed by atoms with Crippen molar-refractivity contribution in [2.24, 2.45) is 17.3 Å². The summed E-state index contributed by atoms with van der Waals surface area (Å²) in [6.07, 6.45) is 7.65. The predicted molar refractivity (Wildman–Crippen MR) is 64.2 cm³/mol. The van der Waals surface area contributed by atoms with Gasteiger partial charge in [0.1, 0.15) is 0 Å². The van der Waals surface area contributed by atoms with E-state index >= 15 is 0 Å². The van der Waals surface area contributed by atoms with Gasteiger partial charge in [-0.25, -0.2) is 0 Å². The summed E-state index contributed by atoms with van der Waals surface area (Å²) in [6.45, 7) is 2.65. The molecule has 0 unspecified atom stereocenters. The van der Waals surface area contributed by atoms with Crippen molar-refractivity contribution < 1.29 is 10.2 Å². The number of nitrogens with one attached hydrogen (secondary N) is 1. The molecule has 1 saturated heterocycles. The van der Waals surface area contributed by atoms with Crippen LogP contribution in [0.3, 0.4) is 0 Å². The molecule has 0 bridgehead atoms. The maximum atomic E-state index is 9.21. The zero-order valence-corrected chi connectivity index (χ0v) is 10.1. The molecule has 0 aromatic heterocycles. The molecule has 0 atom stereocenters. The van der Waals surface area contributed by atoms with Gasteiger partial charge in [0.15, 0.2) is 0 Å². The molecule has 2 fully saturated rings. The normalized spacial score (nSPS) is 26.4. The summed E-state index contributed by atoms with van der Waals surface area (Å²) in [6, 6.07) is 0. The maximum Gasteiger partial charge on any atom is 0.0483 e. The van der Waals surface area contributed by atoms with Crippen LogP contribution in [0, 0.1) is 17.3 Å². The van der Waals surface area contributed by atoms with Crippen molar-refractivity contribution in [2.75, 3.05) is 26.3 Å². The molecule has 2 aliphatic rings. The van der Waals surface area contributed by atoms with Crippen LogP contribution >= 0.6 is 0 Å². The summed E-state index contributed by atoms with van der Waals surface area (Å²) in [5.41, 5.74) is 0.594. The van der Waals surface area contributed by atoms with Gasteiger partial charge in [-0.3, -0.25) is 0 Å². The van der Waals surface area contributed by atoms with Gasteiger partial charge < -0.3 is 15.5 Å². The highest BCUT2D eigenvalue weighted by molar-refractivity contribution is 4.90. The minimum Gasteiger partial charge on any atom is -0.396 e. The van der Waals surface area contributed by atoms with E-state index in [4.69, 9.17) is 0 Å². The van der Waals surface area contributed by atoms with Crippen LogP contribution in [0.25, 0.3) is 0 Å². The summed E-state index contributed by atoms with van der Waals surface area (Å²) in [5, 5.41) is 21.9. The number of aliphatic hydroxyl groups excluding tert-OH is 2. The predicted octanol–water partition coefficient (Wildman–Crippen LogP) is 1.15. The van der Waals surface area contributed by atoms with E-state index in [0.29, 0.717) is 11.3 Å². The highest BCUT2D eigenvalue weighted by Crippen LogP contribution is 2.46. The Balaban J connectivity index is 1.85. The van der Waals surface area contributed by atoms with Gasteiger partial charge in [-0.15, -0.1) is 0 Å². The van der Waals surface area contributed by atoms with Crippen molar-refractivity contribution in [2.45, 2.75) is 38.5 Å². The van der Waals surface area contributed by atoms with Gasteiger partial charge in [0.25, 0.3) is 0 Å². The first-order valence-corrected chi connectivity index (χ1v) is 6.72. The molecule has 3 heteroatoms. The van der Waals surface area contributed by atoms with Crippen molar-refractivity contribution in [1.82, 2.24) is 5.32 Å². The Kier molecular flexibility index (Phi) is 4.22. The van der Waals surface area contributed by atoms with E-state index in [0.717, 1.165) is 0 Å². The molecule has 1 aliphatic carbocycles. The number of rotatable bonds is 3. The third kappa shape index (κ3) is 2.58. The average Bonchev–Trinajstić information content (AvgIpc) is 2.34. The van der Waals surface area contributed by atoms with Gasteiger partial charge in [-0.05, 0) is 62.9 Å². The Hall–Kier alpha value is -0.120. The van der Waals surface area contributed by atoms with Gasteiger partial charge in [-0.1, -0.05) is 0 Å². The number of hydrogen-bond acceptors (Lipinski definition) is 3. The molecule has 3 nitrogen and oxygen atoms in total. The summed E-state index contributed by atoms with van der Waals surface area (Å²) < 4.78 is 0. The third-order valence-corrected chi connectivity index (χ3v) is 4.89. The molecule has 0 radical (unpaired) electrons. The monoisotopic (exact) mass is 227 g/mol. The van der Waals surface area contributed by atoms with E-state index in [9.17, 15) is 10.2 Å². The second kappa shape index (κ2) is 5.48. The smallest absolute Gasteiger partial charge is 0.0483 e. The van der Waals surface area contributed by atoms with Crippen molar-refractivity contribution in [3.8, 4) is 0 Å². The molecule has 94 valence electrons. The van der Waals surface area contributed by atoms with Gasteiger partial charge >= 0.3 is 0 Å². The van der Waals surface area contributed by atoms with E-state index < -0.39 is 0 Å². The van der Waals surface area contributed by atoms with Crippen LogP contribution in [-0.4, -0.2) is 36.5 Å². The molecule has 1 saturated carbocycles. The summed E-state index contributed by atoms with van der Waals surface area (Å²) >= 11 is 0. The average molecular weight is 227 g/mol. The van der Waals surface area contributed by atoms with Gasteiger partial charge in [0.2, 0.25) is 0 Å². The minimum atomic E-state index is 0.124. The molecule has 0 amide bonds. The fourth-order valence-corrected chi connectivity index (χ4v) is 3.54. The van der Waals surface area contributed by atoms with Crippen LogP contribution in [0.15, 0.2) is 0 Å². The van der Waals surface area contributed by atoms with Crippen LogP contribution in [0.4, 0.5) is 0 Å². The van der Waals surface area contributed by atoms with Crippen molar-refractivity contribution >= 4 is 0 Å². The van der Waals surface area contributed by atoms with E-state index in [1.54, 1.807) is 0 Å². The zero-order valence-electron chi connectivity index (χ0n) is 10.1.